The van der Waals surface area contributed by atoms with Crippen molar-refractivity contribution >= 4 is 24.3 Å². The third kappa shape index (κ3) is 2.78. The predicted octanol–water partition coefficient (Wildman–Crippen LogP) is 3.06. The summed E-state index contributed by atoms with van der Waals surface area (Å²) in [5.41, 5.74) is 3.14. The van der Waals surface area contributed by atoms with E-state index in [1.165, 1.54) is 31.2 Å². The van der Waals surface area contributed by atoms with Gasteiger partial charge in [-0.3, -0.25) is 0 Å². The molecule has 0 amide bonds. The average Bonchev–Trinajstić information content (AvgIpc) is 2.73. The van der Waals surface area contributed by atoms with Crippen molar-refractivity contribution in [3.8, 4) is 0 Å². The summed E-state index contributed by atoms with van der Waals surface area (Å²) in [5.74, 6) is 1.05. The Morgan fingerprint density at radius 1 is 1.33 bits per heavy atom. The van der Waals surface area contributed by atoms with Gasteiger partial charge in [-0.2, -0.15) is 5.82 Å². The maximum atomic E-state index is 6.03. The molecule has 0 heterocycles. The van der Waals surface area contributed by atoms with E-state index in [-0.39, 0.29) is 7.28 Å². The summed E-state index contributed by atoms with van der Waals surface area (Å²) in [6.45, 7) is 2.23. The molecule has 82 valence electrons. The largest absolute Gasteiger partial charge is 0.214 e. The zero-order valence-corrected chi connectivity index (χ0v) is 10.5. The highest BCUT2D eigenvalue weighted by Crippen LogP contribution is 2.29. The summed E-state index contributed by atoms with van der Waals surface area (Å²) in [7, 11) is 0.0819. The molecular weight excluding hydrogens is 202 g/mol. The second-order valence-corrected chi connectivity index (χ2v) is 5.54. The lowest BCUT2D eigenvalue weighted by Gasteiger charge is -2.19. The minimum Gasteiger partial charge on any atom is -0.214 e. The summed E-state index contributed by atoms with van der Waals surface area (Å²) in [6.07, 6.45) is 7.01. The van der Waals surface area contributed by atoms with Crippen LogP contribution in [0.2, 0.25) is 10.8 Å². The molecule has 1 aromatic rings. The van der Waals surface area contributed by atoms with Crippen molar-refractivity contribution in [3.63, 3.8) is 0 Å². The number of halogens is 1. The maximum absolute atomic E-state index is 6.03. The Morgan fingerprint density at radius 3 is 2.73 bits per heavy atom. The third-order valence-electron chi connectivity index (χ3n) is 4.06. The van der Waals surface area contributed by atoms with Gasteiger partial charge < -0.3 is 0 Å². The summed E-state index contributed by atoms with van der Waals surface area (Å²) in [4.78, 5) is 0. The van der Waals surface area contributed by atoms with Crippen molar-refractivity contribution in [1.82, 2.24) is 0 Å². The van der Waals surface area contributed by atoms with Gasteiger partial charge in [0.05, 0.1) is 0 Å². The van der Waals surface area contributed by atoms with Gasteiger partial charge in [0.1, 0.15) is 0 Å². The lowest BCUT2D eigenvalue weighted by atomic mass is 9.57. The van der Waals surface area contributed by atoms with Crippen molar-refractivity contribution in [2.75, 3.05) is 0 Å². The van der Waals surface area contributed by atoms with Crippen LogP contribution < -0.4 is 5.46 Å². The minimum absolute atomic E-state index is 0.0819. The Hall–Kier alpha value is -0.425. The van der Waals surface area contributed by atoms with Crippen LogP contribution in [0, 0.1) is 0 Å². The molecular formula is C13H19BCl-. The summed E-state index contributed by atoms with van der Waals surface area (Å²) in [5, 5.41) is 0.897. The van der Waals surface area contributed by atoms with Crippen LogP contribution in [0.25, 0.3) is 0 Å². The number of benzene rings is 1. The number of hydrogen-bond acceptors (Lipinski definition) is 0. The van der Waals surface area contributed by atoms with E-state index in [0.717, 1.165) is 17.3 Å². The van der Waals surface area contributed by atoms with Gasteiger partial charge in [0.25, 0.3) is 0 Å². The number of rotatable bonds is 3. The quantitative estimate of drug-likeness (QED) is 0.688. The van der Waals surface area contributed by atoms with Gasteiger partial charge in [0.2, 0.25) is 0 Å². The van der Waals surface area contributed by atoms with Gasteiger partial charge in [-0.1, -0.05) is 55.8 Å². The van der Waals surface area contributed by atoms with E-state index in [0.29, 0.717) is 0 Å². The maximum Gasteiger partial charge on any atom is 0.0406 e. The molecule has 0 aliphatic heterocycles. The topological polar surface area (TPSA) is 0 Å². The summed E-state index contributed by atoms with van der Waals surface area (Å²) < 4.78 is 0. The molecule has 0 nitrogen and oxygen atoms in total. The second-order valence-electron chi connectivity index (χ2n) is 5.10. The van der Waals surface area contributed by atoms with E-state index in [1.807, 2.05) is 0 Å². The number of hydrogen-bond donors (Lipinski definition) is 0. The van der Waals surface area contributed by atoms with E-state index in [4.69, 9.17) is 11.6 Å². The van der Waals surface area contributed by atoms with Crippen molar-refractivity contribution in [2.45, 2.75) is 44.8 Å². The van der Waals surface area contributed by atoms with Crippen LogP contribution in [-0.2, 0) is 6.42 Å². The molecule has 0 aromatic heterocycles. The fourth-order valence-electron chi connectivity index (χ4n) is 3.16. The van der Waals surface area contributed by atoms with Crippen LogP contribution in [0.3, 0.4) is 0 Å². The molecule has 2 heteroatoms. The highest BCUT2D eigenvalue weighted by molar-refractivity contribution is 6.55. The molecule has 2 rings (SSSR count). The van der Waals surface area contributed by atoms with Crippen molar-refractivity contribution in [1.29, 1.82) is 0 Å². The molecule has 1 fully saturated rings. The summed E-state index contributed by atoms with van der Waals surface area (Å²) in [6, 6.07) is 6.50. The van der Waals surface area contributed by atoms with Crippen LogP contribution in [0.5, 0.6) is 0 Å². The average molecular weight is 222 g/mol. The SMILES string of the molecule is CCc1cc(Cl)ccc1[BH2-]C1CCCC1. The fraction of sp³-hybridized carbons (Fsp3) is 0.538. The Labute approximate surface area is 98.3 Å². The predicted molar refractivity (Wildman–Crippen MR) is 71.2 cm³/mol. The first-order valence-electron chi connectivity index (χ1n) is 6.38. The van der Waals surface area contributed by atoms with Crippen LogP contribution in [0.1, 0.15) is 38.2 Å². The van der Waals surface area contributed by atoms with Crippen LogP contribution in [-0.4, -0.2) is 7.28 Å². The standard InChI is InChI=1S/C13H19BCl/c1-2-10-9-12(15)7-8-13(10)14-11-5-3-4-6-11/h7-9,11H,2-6,14H2,1H3/q-1. The molecule has 0 N–H and O–H groups in total. The van der Waals surface area contributed by atoms with Crippen LogP contribution >= 0.6 is 11.6 Å². The second kappa shape index (κ2) is 5.07. The molecule has 15 heavy (non-hydrogen) atoms. The number of aryl methyl sites for hydroxylation is 1. The third-order valence-corrected chi connectivity index (χ3v) is 4.29. The smallest absolute Gasteiger partial charge is 0.0406 e. The normalized spacial score (nSPS) is 17.2. The van der Waals surface area contributed by atoms with Crippen molar-refractivity contribution < 1.29 is 0 Å². The molecule has 0 unspecified atom stereocenters. The van der Waals surface area contributed by atoms with E-state index in [1.54, 1.807) is 5.46 Å². The van der Waals surface area contributed by atoms with Gasteiger partial charge in [0, 0.05) is 5.02 Å². The first kappa shape index (κ1) is 11.1. The van der Waals surface area contributed by atoms with Gasteiger partial charge in [-0.15, -0.1) is 0 Å². The monoisotopic (exact) mass is 221 g/mol. The van der Waals surface area contributed by atoms with Crippen LogP contribution in [0.4, 0.5) is 0 Å². The molecule has 0 saturated heterocycles. The molecule has 1 aromatic carbocycles. The Morgan fingerprint density at radius 2 is 2.07 bits per heavy atom. The first-order chi connectivity index (χ1) is 7.29. The van der Waals surface area contributed by atoms with E-state index in [9.17, 15) is 0 Å². The molecule has 0 bridgehead atoms. The molecule has 0 spiro atoms. The van der Waals surface area contributed by atoms with E-state index >= 15 is 0 Å². The van der Waals surface area contributed by atoms with E-state index in [2.05, 4.69) is 25.1 Å². The molecule has 0 atom stereocenters. The van der Waals surface area contributed by atoms with Gasteiger partial charge in [-0.05, 0) is 25.8 Å². The summed E-state index contributed by atoms with van der Waals surface area (Å²) >= 11 is 6.03. The Balaban J connectivity index is 2.12. The van der Waals surface area contributed by atoms with Gasteiger partial charge >= 0.3 is 0 Å². The van der Waals surface area contributed by atoms with Crippen molar-refractivity contribution in [2.24, 2.45) is 0 Å². The minimum atomic E-state index is 0.0819. The zero-order valence-electron chi connectivity index (χ0n) is 9.72. The van der Waals surface area contributed by atoms with E-state index < -0.39 is 0 Å². The Kier molecular flexibility index (Phi) is 3.74. The first-order valence-corrected chi connectivity index (χ1v) is 6.76. The Bertz CT molecular complexity index is 329. The zero-order chi connectivity index (χ0) is 10.7. The van der Waals surface area contributed by atoms with Gasteiger partial charge in [-0.25, -0.2) is 5.46 Å². The molecule has 0 radical (unpaired) electrons. The molecule has 1 saturated carbocycles. The molecule has 1 aliphatic rings. The van der Waals surface area contributed by atoms with Gasteiger partial charge in [0.15, 0.2) is 0 Å². The molecule has 1 aliphatic carbocycles. The highest BCUT2D eigenvalue weighted by atomic mass is 35.5. The van der Waals surface area contributed by atoms with Crippen molar-refractivity contribution in [3.05, 3.63) is 28.8 Å². The highest BCUT2D eigenvalue weighted by Gasteiger charge is 2.11. The van der Waals surface area contributed by atoms with Crippen LogP contribution in [0.15, 0.2) is 18.2 Å². The fourth-order valence-corrected chi connectivity index (χ4v) is 3.36. The lowest BCUT2D eigenvalue weighted by molar-refractivity contribution is 0.872. The lowest BCUT2D eigenvalue weighted by Crippen LogP contribution is -2.22.